The van der Waals surface area contributed by atoms with Crippen LogP contribution < -0.4 is 36.0 Å². The summed E-state index contributed by atoms with van der Waals surface area (Å²) < 4.78 is 11.7. The van der Waals surface area contributed by atoms with E-state index in [2.05, 4.69) is 163 Å². The van der Waals surface area contributed by atoms with Crippen molar-refractivity contribution in [1.29, 1.82) is 0 Å². The number of aliphatic hydroxyl groups excluding tert-OH is 1. The maximum Gasteiger partial charge on any atom is 0.124 e. The van der Waals surface area contributed by atoms with E-state index in [1.54, 1.807) is 14.2 Å². The number of aryl methyl sites for hydroxylation is 4. The predicted octanol–water partition coefficient (Wildman–Crippen LogP) is 10.2. The summed E-state index contributed by atoms with van der Waals surface area (Å²) in [4.78, 5) is 2.35. The molecule has 2 aliphatic carbocycles. The Hall–Kier alpha value is -3.00. The van der Waals surface area contributed by atoms with Gasteiger partial charge in [0.2, 0.25) is 0 Å². The summed E-state index contributed by atoms with van der Waals surface area (Å²) in [7, 11) is 6.13. The first-order valence-corrected chi connectivity index (χ1v) is 23.7. The molecule has 0 heterocycles. The smallest absolute Gasteiger partial charge is 0.124 e. The Kier molecular flexibility index (Phi) is 17.1. The van der Waals surface area contributed by atoms with Gasteiger partial charge in [0, 0.05) is 29.0 Å². The molecule has 7 heteroatoms. The number of hydrogen-bond acceptors (Lipinski definition) is 4. The van der Waals surface area contributed by atoms with E-state index in [9.17, 15) is 5.11 Å². The van der Waals surface area contributed by atoms with Crippen molar-refractivity contribution in [3.8, 4) is 11.5 Å². The number of nitrogens with zero attached hydrogens (tertiary/aromatic N) is 1. The van der Waals surface area contributed by atoms with Crippen molar-refractivity contribution in [3.63, 3.8) is 0 Å². The van der Waals surface area contributed by atoms with Crippen molar-refractivity contribution in [2.24, 2.45) is 11.8 Å². The van der Waals surface area contributed by atoms with Gasteiger partial charge in [-0.3, -0.25) is 0 Å². The van der Waals surface area contributed by atoms with E-state index in [1.165, 1.54) is 58.6 Å². The SMILES string of the molecule is C1CCCC1.COc1c(C)cc(P(c2cc(C)c(OC)c(C)c2)C2CCC([C@@H](C)N(C)C)C2[C@@H](O)c2ccccc2P(c2ccccc2)c2ccccc2)cc1C.[Fe]. The molecule has 5 aromatic rings. The molecule has 7 rings (SSSR count). The summed E-state index contributed by atoms with van der Waals surface area (Å²) in [6.07, 6.45) is 8.99. The summed E-state index contributed by atoms with van der Waals surface area (Å²) >= 11 is 0. The van der Waals surface area contributed by atoms with E-state index >= 15 is 0 Å². The van der Waals surface area contributed by atoms with Gasteiger partial charge in [0.05, 0.1) is 20.3 Å². The van der Waals surface area contributed by atoms with Crippen molar-refractivity contribution in [2.45, 2.75) is 97.4 Å². The fourth-order valence-electron chi connectivity index (χ4n) is 9.65. The molecule has 0 bridgehead atoms. The van der Waals surface area contributed by atoms with Gasteiger partial charge in [0.15, 0.2) is 0 Å². The van der Waals surface area contributed by atoms with Crippen LogP contribution in [0.3, 0.4) is 0 Å². The van der Waals surface area contributed by atoms with Crippen LogP contribution in [0.4, 0.5) is 0 Å². The maximum absolute atomic E-state index is 13.2. The Morgan fingerprint density at radius 1 is 0.603 bits per heavy atom. The molecule has 3 unspecified atom stereocenters. The monoisotopic (exact) mass is 857 g/mol. The number of ether oxygens (including phenoxy) is 2. The summed E-state index contributed by atoms with van der Waals surface area (Å²) in [5.74, 6) is 2.26. The van der Waals surface area contributed by atoms with E-state index in [1.807, 2.05) is 0 Å². The van der Waals surface area contributed by atoms with Gasteiger partial charge in [-0.1, -0.05) is 117 Å². The molecule has 0 radical (unpaired) electrons. The number of rotatable bonds is 12. The number of methoxy groups -OCH3 is 2. The molecule has 0 saturated heterocycles. The third kappa shape index (κ3) is 10.3. The first-order chi connectivity index (χ1) is 27.5. The van der Waals surface area contributed by atoms with Gasteiger partial charge in [-0.25, -0.2) is 0 Å². The van der Waals surface area contributed by atoms with E-state index in [0.29, 0.717) is 12.0 Å². The fourth-order valence-corrected chi connectivity index (χ4v) is 15.7. The molecule has 1 N–H and O–H groups in total. The first kappa shape index (κ1) is 46.1. The average Bonchev–Trinajstić information content (AvgIpc) is 3.94. The Labute approximate surface area is 363 Å². The zero-order valence-corrected chi connectivity index (χ0v) is 39.1. The minimum atomic E-state index is -0.894. The molecule has 310 valence electrons. The summed E-state index contributed by atoms with van der Waals surface area (Å²) in [6, 6.07) is 40.2. The van der Waals surface area contributed by atoms with Crippen LogP contribution in [0.5, 0.6) is 11.5 Å². The van der Waals surface area contributed by atoms with Crippen LogP contribution in [0.1, 0.15) is 85.8 Å². The molecule has 4 nitrogen and oxygen atoms in total. The quantitative estimate of drug-likeness (QED) is 0.100. The molecular weight excluding hydrogens is 792 g/mol. The van der Waals surface area contributed by atoms with Crippen LogP contribution in [0.15, 0.2) is 109 Å². The minimum Gasteiger partial charge on any atom is -0.496 e. The summed E-state index contributed by atoms with van der Waals surface area (Å²) in [6.45, 7) is 11.0. The second kappa shape index (κ2) is 21.5. The van der Waals surface area contributed by atoms with Gasteiger partial charge in [0.1, 0.15) is 11.5 Å². The summed E-state index contributed by atoms with van der Waals surface area (Å²) in [5, 5.41) is 19.7. The Bertz CT molecular complexity index is 1900. The van der Waals surface area contributed by atoms with Crippen molar-refractivity contribution in [3.05, 3.63) is 137 Å². The third-order valence-electron chi connectivity index (χ3n) is 12.5. The molecule has 0 spiro atoms. The Balaban J connectivity index is 0.000000991. The minimum absolute atomic E-state index is 0. The van der Waals surface area contributed by atoms with Crippen LogP contribution in [-0.4, -0.2) is 50.0 Å². The predicted molar refractivity (Wildman–Crippen MR) is 247 cm³/mol. The molecule has 2 aliphatic rings. The normalized spacial score (nSPS) is 18.7. The summed E-state index contributed by atoms with van der Waals surface area (Å²) in [5.41, 5.74) is 5.94. The topological polar surface area (TPSA) is 41.9 Å². The fraction of sp³-hybridized carbons (Fsp3) is 0.412. The second-order valence-electron chi connectivity index (χ2n) is 16.5. The average molecular weight is 858 g/mol. The zero-order valence-electron chi connectivity index (χ0n) is 36.2. The van der Waals surface area contributed by atoms with E-state index < -0.39 is 21.9 Å². The van der Waals surface area contributed by atoms with Crippen molar-refractivity contribution >= 4 is 42.4 Å². The van der Waals surface area contributed by atoms with E-state index in [0.717, 1.165) is 52.2 Å². The van der Waals surface area contributed by atoms with Gasteiger partial charge in [-0.2, -0.15) is 0 Å². The Morgan fingerprint density at radius 2 is 1.02 bits per heavy atom. The van der Waals surface area contributed by atoms with Crippen LogP contribution in [0.25, 0.3) is 0 Å². The second-order valence-corrected chi connectivity index (χ2v) is 21.1. The van der Waals surface area contributed by atoms with Crippen LogP contribution >= 0.6 is 15.8 Å². The first-order valence-electron chi connectivity index (χ1n) is 21.0. The number of aliphatic hydroxyl groups is 1. The van der Waals surface area contributed by atoms with Crippen LogP contribution in [-0.2, 0) is 17.1 Å². The van der Waals surface area contributed by atoms with Gasteiger partial charge < -0.3 is 19.5 Å². The Morgan fingerprint density at radius 3 is 1.43 bits per heavy atom. The van der Waals surface area contributed by atoms with Crippen molar-refractivity contribution < 1.29 is 31.6 Å². The van der Waals surface area contributed by atoms with Gasteiger partial charge in [0.25, 0.3) is 0 Å². The van der Waals surface area contributed by atoms with Gasteiger partial charge >= 0.3 is 0 Å². The molecule has 58 heavy (non-hydrogen) atoms. The van der Waals surface area contributed by atoms with Crippen LogP contribution in [0, 0.1) is 39.5 Å². The molecule has 2 saturated carbocycles. The zero-order chi connectivity index (χ0) is 40.6. The molecule has 0 aliphatic heterocycles. The molecule has 2 fully saturated rings. The standard InChI is InChI=1S/C46H55NO3P2.C5H10.Fe/c1-30-26-37(27-31(2)45(30)49-8)52(38-28-32(3)46(50-9)33(4)29-38)42-25-24-39(34(5)47(6)7)43(42)44(48)40-22-16-17-23-41(40)51(35-18-12-10-13-19-35)36-20-14-11-15-21-36;1-2-4-5-3-1;/h10-23,26-29,34,39,42-44,48H,24-25H2,1-9H3;1-5H2;/t34-,39?,42?,43?,44+;;/m1../s1. The van der Waals surface area contributed by atoms with E-state index in [-0.39, 0.29) is 28.6 Å². The van der Waals surface area contributed by atoms with E-state index in [4.69, 9.17) is 9.47 Å². The number of benzene rings is 5. The molecule has 5 aromatic carbocycles. The number of hydrogen-bond donors (Lipinski definition) is 1. The van der Waals surface area contributed by atoms with Crippen LogP contribution in [0.2, 0.25) is 0 Å². The largest absolute Gasteiger partial charge is 0.496 e. The molecule has 0 amide bonds. The van der Waals surface area contributed by atoms with Gasteiger partial charge in [-0.05, 0) is 168 Å². The molecule has 5 atom stereocenters. The molecular formula is C51H65FeNO3P2. The molecule has 0 aromatic heterocycles. The van der Waals surface area contributed by atoms with Gasteiger partial charge in [-0.15, -0.1) is 0 Å². The third-order valence-corrected chi connectivity index (χ3v) is 17.9. The van der Waals surface area contributed by atoms with Crippen molar-refractivity contribution in [2.75, 3.05) is 28.3 Å². The van der Waals surface area contributed by atoms with Crippen molar-refractivity contribution in [1.82, 2.24) is 4.90 Å². The maximum atomic E-state index is 13.2.